The van der Waals surface area contributed by atoms with Crippen LogP contribution >= 0.6 is 0 Å². The minimum atomic E-state index is -4.31. The molecule has 0 aromatic carbocycles. The highest BCUT2D eigenvalue weighted by Gasteiger charge is 2.31. The van der Waals surface area contributed by atoms with Gasteiger partial charge in [0.1, 0.15) is 5.82 Å². The van der Waals surface area contributed by atoms with Crippen LogP contribution in [0.25, 0.3) is 0 Å². The van der Waals surface area contributed by atoms with Gasteiger partial charge in [-0.2, -0.15) is 13.2 Å². The predicted molar refractivity (Wildman–Crippen MR) is 53.4 cm³/mol. The molecule has 0 radical (unpaired) electrons. The Labute approximate surface area is 95.8 Å². The Hall–Kier alpha value is -1.60. The van der Waals surface area contributed by atoms with Gasteiger partial charge in [-0.05, 0) is 6.92 Å². The summed E-state index contributed by atoms with van der Waals surface area (Å²) in [6, 6.07) is -1.01. The molecule has 1 heterocycles. The van der Waals surface area contributed by atoms with Crippen LogP contribution in [0.5, 0.6) is 0 Å². The average molecular weight is 250 g/mol. The van der Waals surface area contributed by atoms with Crippen molar-refractivity contribution >= 4 is 5.91 Å². The van der Waals surface area contributed by atoms with E-state index in [4.69, 9.17) is 0 Å². The van der Waals surface area contributed by atoms with Crippen LogP contribution in [0.3, 0.4) is 0 Å². The summed E-state index contributed by atoms with van der Waals surface area (Å²) in [5.41, 5.74) is 0. The van der Waals surface area contributed by atoms with Crippen LogP contribution in [0.2, 0.25) is 0 Å². The van der Waals surface area contributed by atoms with E-state index in [1.54, 1.807) is 0 Å². The number of hydrogen-bond donors (Lipinski definition) is 2. The van der Waals surface area contributed by atoms with E-state index in [1.807, 2.05) is 6.92 Å². The maximum Gasteiger partial charge on any atom is 0.391 e. The van der Waals surface area contributed by atoms with Gasteiger partial charge in [0.05, 0.1) is 6.42 Å². The van der Waals surface area contributed by atoms with Gasteiger partial charge < -0.3 is 5.32 Å². The minimum absolute atomic E-state index is 0.143. The molecule has 1 rings (SSSR count). The molecule has 0 spiro atoms. The van der Waals surface area contributed by atoms with E-state index in [0.717, 1.165) is 0 Å². The average Bonchev–Trinajstić information content (AvgIpc) is 2.62. The molecule has 1 unspecified atom stereocenters. The number of alkyl halides is 3. The number of hydrogen-bond acceptors (Lipinski definition) is 3. The fraction of sp³-hybridized carbons (Fsp3) is 0.667. The molecule has 1 aromatic rings. The molecule has 0 aliphatic rings. The third-order valence-electron chi connectivity index (χ3n) is 1.98. The topological polar surface area (TPSA) is 70.7 Å². The summed E-state index contributed by atoms with van der Waals surface area (Å²) in [5.74, 6) is -0.341. The third-order valence-corrected chi connectivity index (χ3v) is 1.98. The molecular formula is C9H13F3N4O. The van der Waals surface area contributed by atoms with E-state index in [-0.39, 0.29) is 5.82 Å². The lowest BCUT2D eigenvalue weighted by molar-refractivity contribution is -0.138. The molecule has 5 nitrogen and oxygen atoms in total. The number of aryl methyl sites for hydroxylation is 1. The summed E-state index contributed by atoms with van der Waals surface area (Å²) in [6.45, 7) is 3.09. The number of rotatable bonds is 4. The molecule has 0 bridgehead atoms. The number of nitrogens with zero attached hydrogens (tertiary/aromatic N) is 2. The van der Waals surface area contributed by atoms with Gasteiger partial charge in [-0.25, -0.2) is 4.98 Å². The van der Waals surface area contributed by atoms with Crippen LogP contribution in [0.15, 0.2) is 0 Å². The Balaban J connectivity index is 2.54. The van der Waals surface area contributed by atoms with Crippen molar-refractivity contribution < 1.29 is 18.0 Å². The van der Waals surface area contributed by atoms with Crippen molar-refractivity contribution in [2.24, 2.45) is 0 Å². The smallest absolute Gasteiger partial charge is 0.346 e. The van der Waals surface area contributed by atoms with Crippen molar-refractivity contribution in [2.45, 2.75) is 38.9 Å². The monoisotopic (exact) mass is 250 g/mol. The summed E-state index contributed by atoms with van der Waals surface area (Å²) < 4.78 is 36.1. The van der Waals surface area contributed by atoms with E-state index in [0.29, 0.717) is 12.2 Å². The van der Waals surface area contributed by atoms with E-state index in [1.165, 1.54) is 6.92 Å². The number of nitrogens with one attached hydrogen (secondary N) is 2. The zero-order valence-corrected chi connectivity index (χ0v) is 9.43. The summed E-state index contributed by atoms with van der Waals surface area (Å²) in [7, 11) is 0. The highest BCUT2D eigenvalue weighted by atomic mass is 19.4. The molecule has 2 N–H and O–H groups in total. The lowest BCUT2D eigenvalue weighted by Crippen LogP contribution is -2.36. The lowest BCUT2D eigenvalue weighted by Gasteiger charge is -2.14. The zero-order chi connectivity index (χ0) is 13.1. The number of carbonyl (C=O) groups excluding carboxylic acids is 1. The van der Waals surface area contributed by atoms with Gasteiger partial charge in [0.2, 0.25) is 5.82 Å². The summed E-state index contributed by atoms with van der Waals surface area (Å²) in [6.07, 6.45) is -4.82. The zero-order valence-electron chi connectivity index (χ0n) is 9.43. The van der Waals surface area contributed by atoms with Crippen LogP contribution in [-0.4, -0.2) is 33.3 Å². The number of aromatic amines is 1. The fourth-order valence-corrected chi connectivity index (χ4v) is 1.24. The molecule has 1 amide bonds. The Morgan fingerprint density at radius 1 is 1.53 bits per heavy atom. The van der Waals surface area contributed by atoms with E-state index >= 15 is 0 Å². The predicted octanol–water partition coefficient (Wildman–Crippen LogP) is 1.44. The molecule has 96 valence electrons. The van der Waals surface area contributed by atoms with Crippen molar-refractivity contribution in [2.75, 3.05) is 0 Å². The Kier molecular flexibility index (Phi) is 4.08. The van der Waals surface area contributed by atoms with Crippen molar-refractivity contribution in [3.8, 4) is 0 Å². The maximum atomic E-state index is 12.0. The lowest BCUT2D eigenvalue weighted by atomic mass is 10.2. The highest BCUT2D eigenvalue weighted by Crippen LogP contribution is 2.21. The van der Waals surface area contributed by atoms with Crippen LogP contribution in [-0.2, 0) is 6.42 Å². The van der Waals surface area contributed by atoms with Crippen LogP contribution in [0.4, 0.5) is 13.2 Å². The first kappa shape index (κ1) is 13.5. The second kappa shape index (κ2) is 5.15. The highest BCUT2D eigenvalue weighted by molar-refractivity contribution is 5.90. The second-order valence-corrected chi connectivity index (χ2v) is 3.65. The number of carbonyl (C=O) groups is 1. The van der Waals surface area contributed by atoms with Crippen LogP contribution in [0, 0.1) is 0 Å². The Morgan fingerprint density at radius 2 is 2.18 bits per heavy atom. The molecule has 0 fully saturated rings. The molecular weight excluding hydrogens is 237 g/mol. The van der Waals surface area contributed by atoms with Crippen LogP contribution in [0.1, 0.15) is 36.7 Å². The van der Waals surface area contributed by atoms with Gasteiger partial charge in [-0.1, -0.05) is 6.92 Å². The summed E-state index contributed by atoms with van der Waals surface area (Å²) in [5, 5.41) is 8.31. The first-order valence-electron chi connectivity index (χ1n) is 5.10. The van der Waals surface area contributed by atoms with Crippen molar-refractivity contribution in [1.82, 2.24) is 20.5 Å². The number of H-pyrrole nitrogens is 1. The van der Waals surface area contributed by atoms with Crippen molar-refractivity contribution in [3.63, 3.8) is 0 Å². The molecule has 1 atom stereocenters. The van der Waals surface area contributed by atoms with Gasteiger partial charge in [-0.3, -0.25) is 9.89 Å². The van der Waals surface area contributed by atoms with E-state index < -0.39 is 24.5 Å². The van der Waals surface area contributed by atoms with E-state index in [2.05, 4.69) is 20.5 Å². The number of halogens is 3. The SMILES string of the molecule is CCc1nc(C(=O)NC(C)CC(F)(F)F)n[nH]1. The Bertz CT molecular complexity index is 388. The molecule has 0 aliphatic heterocycles. The summed E-state index contributed by atoms with van der Waals surface area (Å²) >= 11 is 0. The van der Waals surface area contributed by atoms with Gasteiger partial charge in [0.25, 0.3) is 5.91 Å². The Morgan fingerprint density at radius 3 is 2.65 bits per heavy atom. The second-order valence-electron chi connectivity index (χ2n) is 3.65. The quantitative estimate of drug-likeness (QED) is 0.849. The molecule has 0 saturated carbocycles. The molecule has 8 heteroatoms. The van der Waals surface area contributed by atoms with Gasteiger partial charge in [0, 0.05) is 12.5 Å². The van der Waals surface area contributed by atoms with Gasteiger partial charge >= 0.3 is 6.18 Å². The first-order chi connectivity index (χ1) is 7.81. The largest absolute Gasteiger partial charge is 0.391 e. The third kappa shape index (κ3) is 4.41. The first-order valence-corrected chi connectivity index (χ1v) is 5.10. The maximum absolute atomic E-state index is 12.0. The van der Waals surface area contributed by atoms with Crippen molar-refractivity contribution in [1.29, 1.82) is 0 Å². The number of amides is 1. The molecule has 17 heavy (non-hydrogen) atoms. The standard InChI is InChI=1S/C9H13F3N4O/c1-3-6-14-7(16-15-6)8(17)13-5(2)4-9(10,11)12/h5H,3-4H2,1-2H3,(H,13,17)(H,14,15,16). The molecule has 0 aliphatic carbocycles. The summed E-state index contributed by atoms with van der Waals surface area (Å²) in [4.78, 5) is 15.3. The van der Waals surface area contributed by atoms with Crippen LogP contribution < -0.4 is 5.32 Å². The molecule has 1 aromatic heterocycles. The van der Waals surface area contributed by atoms with Gasteiger partial charge in [0.15, 0.2) is 0 Å². The molecule has 0 saturated heterocycles. The van der Waals surface area contributed by atoms with Crippen molar-refractivity contribution in [3.05, 3.63) is 11.6 Å². The fourth-order valence-electron chi connectivity index (χ4n) is 1.24. The number of aromatic nitrogens is 3. The normalized spacial score (nSPS) is 13.5. The van der Waals surface area contributed by atoms with E-state index in [9.17, 15) is 18.0 Å². The van der Waals surface area contributed by atoms with Gasteiger partial charge in [-0.15, -0.1) is 5.10 Å². The minimum Gasteiger partial charge on any atom is -0.346 e.